The number of nitrogens with zero attached hydrogens (tertiary/aromatic N) is 2. The number of amides is 1. The maximum atomic E-state index is 13.3. The molecule has 0 radical (unpaired) electrons. The Labute approximate surface area is 130 Å². The second-order valence-corrected chi connectivity index (χ2v) is 6.72. The fraction of sp³-hybridized carbons (Fsp3) is 0.500. The van der Waals surface area contributed by atoms with Gasteiger partial charge < -0.3 is 9.88 Å². The highest BCUT2D eigenvalue weighted by Crippen LogP contribution is 2.52. The summed E-state index contributed by atoms with van der Waals surface area (Å²) in [7, 11) is 0. The number of carbonyl (C=O) groups is 1. The lowest BCUT2D eigenvalue weighted by molar-refractivity contribution is -0.136. The van der Waals surface area contributed by atoms with Gasteiger partial charge in [0.1, 0.15) is 11.3 Å². The summed E-state index contributed by atoms with van der Waals surface area (Å²) in [6.45, 7) is 2.88. The van der Waals surface area contributed by atoms with Crippen molar-refractivity contribution >= 4 is 16.9 Å². The van der Waals surface area contributed by atoms with Crippen LogP contribution >= 0.6 is 0 Å². The summed E-state index contributed by atoms with van der Waals surface area (Å²) < 4.78 is 39.9. The zero-order valence-electron chi connectivity index (χ0n) is 12.6. The number of fused-ring (bicyclic) bond motifs is 1. The maximum absolute atomic E-state index is 13.3. The van der Waals surface area contributed by atoms with E-state index in [1.54, 1.807) is 11.8 Å². The van der Waals surface area contributed by atoms with Crippen molar-refractivity contribution in [3.8, 4) is 0 Å². The van der Waals surface area contributed by atoms with E-state index in [-0.39, 0.29) is 27.9 Å². The number of aromatic nitrogens is 2. The first-order valence-electron chi connectivity index (χ1n) is 7.64. The summed E-state index contributed by atoms with van der Waals surface area (Å²) in [5.74, 6) is 0.0710. The van der Waals surface area contributed by atoms with Crippen LogP contribution in [0, 0.1) is 12.3 Å². The molecule has 122 valence electrons. The Morgan fingerprint density at radius 2 is 2.04 bits per heavy atom. The van der Waals surface area contributed by atoms with E-state index >= 15 is 0 Å². The second-order valence-electron chi connectivity index (χ2n) is 6.72. The van der Waals surface area contributed by atoms with Crippen LogP contribution in [-0.2, 0) is 6.18 Å². The van der Waals surface area contributed by atoms with Crippen molar-refractivity contribution in [3.05, 3.63) is 29.1 Å². The number of hydrogen-bond acceptors (Lipinski definition) is 2. The third kappa shape index (κ3) is 2.38. The molecule has 0 unspecified atom stereocenters. The lowest BCUT2D eigenvalue weighted by atomic mass is 10.1. The minimum atomic E-state index is -4.54. The summed E-state index contributed by atoms with van der Waals surface area (Å²) >= 11 is 0. The van der Waals surface area contributed by atoms with Gasteiger partial charge in [-0.3, -0.25) is 4.79 Å². The number of alkyl halides is 3. The lowest BCUT2D eigenvalue weighted by Gasteiger charge is -2.17. The van der Waals surface area contributed by atoms with Crippen LogP contribution in [0.3, 0.4) is 0 Å². The predicted octanol–water partition coefficient (Wildman–Crippen LogP) is 3.52. The number of halogens is 3. The van der Waals surface area contributed by atoms with Crippen molar-refractivity contribution in [2.75, 3.05) is 13.1 Å². The van der Waals surface area contributed by atoms with E-state index in [0.717, 1.165) is 25.3 Å². The molecule has 2 heterocycles. The van der Waals surface area contributed by atoms with Gasteiger partial charge in [0.25, 0.3) is 5.91 Å². The lowest BCUT2D eigenvalue weighted by Crippen LogP contribution is -2.29. The number of aryl methyl sites for hydroxylation is 1. The van der Waals surface area contributed by atoms with E-state index in [0.29, 0.717) is 18.9 Å². The molecule has 2 aromatic rings. The molecule has 1 aliphatic heterocycles. The van der Waals surface area contributed by atoms with Crippen molar-refractivity contribution in [2.45, 2.75) is 32.4 Å². The summed E-state index contributed by atoms with van der Waals surface area (Å²) in [4.78, 5) is 21.0. The highest BCUT2D eigenvalue weighted by molar-refractivity contribution is 5.98. The number of benzene rings is 1. The van der Waals surface area contributed by atoms with E-state index in [1.807, 2.05) is 0 Å². The van der Waals surface area contributed by atoms with Gasteiger partial charge >= 0.3 is 6.18 Å². The Morgan fingerprint density at radius 1 is 1.30 bits per heavy atom. The van der Waals surface area contributed by atoms with Crippen molar-refractivity contribution in [3.63, 3.8) is 0 Å². The molecule has 1 amide bonds. The zero-order chi connectivity index (χ0) is 16.4. The van der Waals surface area contributed by atoms with Gasteiger partial charge in [0.2, 0.25) is 0 Å². The molecule has 1 saturated heterocycles. The molecule has 7 heteroatoms. The van der Waals surface area contributed by atoms with Crippen LogP contribution in [0.4, 0.5) is 13.2 Å². The Balaban J connectivity index is 1.76. The molecule has 1 spiro atoms. The molecule has 0 bridgehead atoms. The molecule has 1 aromatic carbocycles. The Bertz CT molecular complexity index is 805. The Hall–Kier alpha value is -2.05. The summed E-state index contributed by atoms with van der Waals surface area (Å²) in [6.07, 6.45) is -1.36. The first-order valence-corrected chi connectivity index (χ1v) is 7.64. The highest BCUT2D eigenvalue weighted by atomic mass is 19.4. The van der Waals surface area contributed by atoms with Gasteiger partial charge in [0, 0.05) is 18.7 Å². The number of hydrogen-bond donors (Lipinski definition) is 1. The number of imidazole rings is 1. The van der Waals surface area contributed by atoms with E-state index in [4.69, 9.17) is 0 Å². The predicted molar refractivity (Wildman–Crippen MR) is 78.0 cm³/mol. The molecular weight excluding hydrogens is 307 g/mol. The molecule has 2 fully saturated rings. The van der Waals surface area contributed by atoms with Gasteiger partial charge in [-0.1, -0.05) is 0 Å². The quantitative estimate of drug-likeness (QED) is 0.873. The average molecular weight is 323 g/mol. The standard InChI is InChI=1S/C16H16F3N3O/c1-9-20-12-7-10(6-11(13(12)21-9)16(17,18)19)14(23)22-5-4-15(8-22)2-3-15/h6-7H,2-5,8H2,1H3,(H,20,21). The topological polar surface area (TPSA) is 49.0 Å². The van der Waals surface area contributed by atoms with Crippen LogP contribution < -0.4 is 0 Å². The third-order valence-electron chi connectivity index (χ3n) is 4.94. The molecule has 4 rings (SSSR count). The number of rotatable bonds is 1. The average Bonchev–Trinajstić information content (AvgIpc) is 2.91. The smallest absolute Gasteiger partial charge is 0.342 e. The molecule has 1 aromatic heterocycles. The minimum absolute atomic E-state index is 0.0752. The van der Waals surface area contributed by atoms with Gasteiger partial charge in [-0.15, -0.1) is 0 Å². The molecule has 1 aliphatic carbocycles. The van der Waals surface area contributed by atoms with Crippen molar-refractivity contribution in [1.29, 1.82) is 0 Å². The van der Waals surface area contributed by atoms with Crippen LogP contribution in [0.5, 0.6) is 0 Å². The molecule has 1 N–H and O–H groups in total. The summed E-state index contributed by atoms with van der Waals surface area (Å²) in [5, 5.41) is 0. The fourth-order valence-electron chi connectivity index (χ4n) is 3.46. The van der Waals surface area contributed by atoms with Gasteiger partial charge in [-0.05, 0) is 43.7 Å². The second kappa shape index (κ2) is 4.49. The third-order valence-corrected chi connectivity index (χ3v) is 4.94. The SMILES string of the molecule is Cc1nc2c(C(F)(F)F)cc(C(=O)N3CCC4(CC4)C3)cc2[nH]1. The van der Waals surface area contributed by atoms with Gasteiger partial charge in [0.15, 0.2) is 0 Å². The van der Waals surface area contributed by atoms with E-state index in [2.05, 4.69) is 9.97 Å². The zero-order valence-corrected chi connectivity index (χ0v) is 12.6. The maximum Gasteiger partial charge on any atom is 0.418 e. The highest BCUT2D eigenvalue weighted by Gasteiger charge is 2.49. The molecule has 23 heavy (non-hydrogen) atoms. The number of carbonyl (C=O) groups excluding carboxylic acids is 1. The summed E-state index contributed by atoms with van der Waals surface area (Å²) in [6, 6.07) is 2.41. The number of nitrogens with one attached hydrogen (secondary N) is 1. The van der Waals surface area contributed by atoms with Crippen molar-refractivity contribution in [2.24, 2.45) is 5.41 Å². The largest absolute Gasteiger partial charge is 0.418 e. The van der Waals surface area contributed by atoms with E-state index in [9.17, 15) is 18.0 Å². The van der Waals surface area contributed by atoms with Crippen LogP contribution in [-0.4, -0.2) is 33.9 Å². The van der Waals surface area contributed by atoms with Crippen LogP contribution in [0.15, 0.2) is 12.1 Å². The normalized spacial score (nSPS) is 19.7. The Morgan fingerprint density at radius 3 is 2.65 bits per heavy atom. The van der Waals surface area contributed by atoms with Gasteiger partial charge in [-0.2, -0.15) is 13.2 Å². The monoisotopic (exact) mass is 323 g/mol. The van der Waals surface area contributed by atoms with Crippen LogP contribution in [0.25, 0.3) is 11.0 Å². The van der Waals surface area contributed by atoms with Crippen LogP contribution in [0.2, 0.25) is 0 Å². The number of aromatic amines is 1. The van der Waals surface area contributed by atoms with E-state index in [1.165, 1.54) is 6.07 Å². The number of H-pyrrole nitrogens is 1. The first-order chi connectivity index (χ1) is 10.8. The van der Waals surface area contributed by atoms with Crippen molar-refractivity contribution < 1.29 is 18.0 Å². The first kappa shape index (κ1) is 14.5. The summed E-state index contributed by atoms with van der Waals surface area (Å²) in [5.41, 5.74) is -0.418. The molecule has 1 saturated carbocycles. The Kier molecular flexibility index (Phi) is 2.84. The van der Waals surface area contributed by atoms with Crippen LogP contribution in [0.1, 0.15) is 41.0 Å². The minimum Gasteiger partial charge on any atom is -0.342 e. The van der Waals surface area contributed by atoms with Gasteiger partial charge in [-0.25, -0.2) is 4.98 Å². The van der Waals surface area contributed by atoms with Crippen molar-refractivity contribution in [1.82, 2.24) is 14.9 Å². The molecule has 4 nitrogen and oxygen atoms in total. The van der Waals surface area contributed by atoms with Gasteiger partial charge in [0.05, 0.1) is 11.1 Å². The van der Waals surface area contributed by atoms with E-state index < -0.39 is 11.7 Å². The molecular formula is C16H16F3N3O. The number of likely N-dealkylation sites (tertiary alicyclic amines) is 1. The molecule has 0 atom stereocenters. The fourth-order valence-corrected chi connectivity index (χ4v) is 3.46. The molecule has 2 aliphatic rings.